The van der Waals surface area contributed by atoms with Crippen molar-refractivity contribution in [3.05, 3.63) is 119 Å². The van der Waals surface area contributed by atoms with Gasteiger partial charge >= 0.3 is 0 Å². The van der Waals surface area contributed by atoms with Gasteiger partial charge in [0.25, 0.3) is 11.8 Å². The average Bonchev–Trinajstić information content (AvgIpc) is 3.81. The van der Waals surface area contributed by atoms with E-state index in [1.165, 1.54) is 5.56 Å². The quantitative estimate of drug-likeness (QED) is 0.231. The van der Waals surface area contributed by atoms with Crippen molar-refractivity contribution in [1.29, 1.82) is 0 Å². The molecule has 0 atom stereocenters. The van der Waals surface area contributed by atoms with Crippen LogP contribution in [0.3, 0.4) is 0 Å². The number of carbonyl (C=O) groups excluding carboxylic acids is 2. The molecule has 5 heterocycles. The van der Waals surface area contributed by atoms with Crippen molar-refractivity contribution in [3.8, 4) is 28.5 Å². The fraction of sp³-hybridized carbons (Fsp3) is 0.184. The first-order chi connectivity index (χ1) is 23.3. The molecule has 2 aliphatic rings. The van der Waals surface area contributed by atoms with Crippen molar-refractivity contribution < 1.29 is 24.2 Å². The zero-order chi connectivity index (χ0) is 33.1. The molecule has 10 heteroatoms. The van der Waals surface area contributed by atoms with E-state index in [-0.39, 0.29) is 24.4 Å². The highest BCUT2D eigenvalue weighted by molar-refractivity contribution is 6.13. The van der Waals surface area contributed by atoms with E-state index in [0.717, 1.165) is 28.7 Å². The number of aromatic hydroxyl groups is 1. The van der Waals surface area contributed by atoms with Crippen LogP contribution in [0.4, 0.5) is 11.4 Å². The van der Waals surface area contributed by atoms with E-state index in [4.69, 9.17) is 9.47 Å². The lowest BCUT2D eigenvalue weighted by Crippen LogP contribution is -2.36. The van der Waals surface area contributed by atoms with Gasteiger partial charge in [0.15, 0.2) is 11.5 Å². The maximum atomic E-state index is 14.7. The smallest absolute Gasteiger partial charge is 0.264 e. The molecule has 0 bridgehead atoms. The number of ether oxygens (including phenoxy) is 2. The Morgan fingerprint density at radius 3 is 2.42 bits per heavy atom. The van der Waals surface area contributed by atoms with Crippen molar-refractivity contribution >= 4 is 34.2 Å². The fourth-order valence-corrected chi connectivity index (χ4v) is 6.72. The average molecular weight is 640 g/mol. The first-order valence-electron chi connectivity index (χ1n) is 15.8. The van der Waals surface area contributed by atoms with Crippen LogP contribution in [0.2, 0.25) is 0 Å². The number of rotatable bonds is 5. The second-order valence-electron chi connectivity index (χ2n) is 12.3. The van der Waals surface area contributed by atoms with Crippen molar-refractivity contribution in [1.82, 2.24) is 19.0 Å². The monoisotopic (exact) mass is 639 g/mol. The molecule has 2 amide bonds. The van der Waals surface area contributed by atoms with Crippen molar-refractivity contribution in [2.24, 2.45) is 14.1 Å². The Morgan fingerprint density at radius 2 is 1.62 bits per heavy atom. The molecule has 3 aromatic heterocycles. The largest absolute Gasteiger partial charge is 0.508 e. The van der Waals surface area contributed by atoms with Crippen molar-refractivity contribution in [2.75, 3.05) is 18.2 Å². The topological polar surface area (TPSA) is 102 Å². The number of benzene rings is 3. The Bertz CT molecular complexity index is 2250. The molecule has 8 rings (SSSR count). The minimum Gasteiger partial charge on any atom is -0.508 e. The predicted octanol–water partition coefficient (Wildman–Crippen LogP) is 6.50. The predicted molar refractivity (Wildman–Crippen MR) is 182 cm³/mol. The van der Waals surface area contributed by atoms with Gasteiger partial charge in [0.2, 0.25) is 6.79 Å². The first kappa shape index (κ1) is 29.4. The van der Waals surface area contributed by atoms with Gasteiger partial charge in [0, 0.05) is 61.4 Å². The molecule has 48 heavy (non-hydrogen) atoms. The Hall–Kier alpha value is -6.03. The molecule has 1 N–H and O–H groups in total. The maximum Gasteiger partial charge on any atom is 0.264 e. The molecule has 0 spiro atoms. The molecular formula is C38H33N5O5. The van der Waals surface area contributed by atoms with Crippen LogP contribution >= 0.6 is 0 Å². The van der Waals surface area contributed by atoms with E-state index in [0.29, 0.717) is 58.3 Å². The van der Waals surface area contributed by atoms with E-state index in [2.05, 4.69) is 17.1 Å². The van der Waals surface area contributed by atoms with E-state index >= 15 is 0 Å². The normalized spacial score (nSPS) is 13.5. The van der Waals surface area contributed by atoms with Crippen LogP contribution in [0, 0.1) is 6.92 Å². The molecular weight excluding hydrogens is 606 g/mol. The highest BCUT2D eigenvalue weighted by atomic mass is 16.7. The van der Waals surface area contributed by atoms with Gasteiger partial charge in [-0.15, -0.1) is 0 Å². The summed E-state index contributed by atoms with van der Waals surface area (Å²) < 4.78 is 15.3. The Balaban J connectivity index is 1.22. The fourth-order valence-electron chi connectivity index (χ4n) is 6.72. The maximum absolute atomic E-state index is 14.7. The van der Waals surface area contributed by atoms with Crippen LogP contribution in [0.25, 0.3) is 22.3 Å². The van der Waals surface area contributed by atoms with Gasteiger partial charge in [-0.2, -0.15) is 0 Å². The van der Waals surface area contributed by atoms with E-state index < -0.39 is 0 Å². The zero-order valence-corrected chi connectivity index (χ0v) is 26.8. The van der Waals surface area contributed by atoms with Gasteiger partial charge in [0.05, 0.1) is 23.0 Å². The highest BCUT2D eigenvalue weighted by Crippen LogP contribution is 2.41. The molecule has 10 nitrogen and oxygen atoms in total. The van der Waals surface area contributed by atoms with Crippen LogP contribution in [-0.2, 0) is 27.1 Å². The molecule has 3 aromatic carbocycles. The molecule has 0 saturated carbocycles. The number of phenols is 1. The minimum atomic E-state index is -0.279. The molecule has 240 valence electrons. The first-order valence-corrected chi connectivity index (χ1v) is 15.8. The summed E-state index contributed by atoms with van der Waals surface area (Å²) >= 11 is 0. The number of amides is 2. The van der Waals surface area contributed by atoms with Crippen LogP contribution in [0.1, 0.15) is 37.5 Å². The molecule has 0 fully saturated rings. The number of fused-ring (bicyclic) bond motifs is 3. The molecule has 0 aliphatic carbocycles. The number of nitrogens with zero attached hydrogens (tertiary/aromatic N) is 5. The number of hydrogen-bond acceptors (Lipinski definition) is 6. The molecule has 2 aliphatic heterocycles. The van der Waals surface area contributed by atoms with Gasteiger partial charge in [0.1, 0.15) is 11.4 Å². The summed E-state index contributed by atoms with van der Waals surface area (Å²) in [4.78, 5) is 37.0. The second-order valence-corrected chi connectivity index (χ2v) is 12.3. The lowest BCUT2D eigenvalue weighted by Gasteiger charge is -2.29. The van der Waals surface area contributed by atoms with Gasteiger partial charge < -0.3 is 28.6 Å². The second kappa shape index (κ2) is 11.3. The van der Waals surface area contributed by atoms with Crippen molar-refractivity contribution in [2.45, 2.75) is 19.9 Å². The van der Waals surface area contributed by atoms with Gasteiger partial charge in [-0.05, 0) is 79.1 Å². The van der Waals surface area contributed by atoms with Gasteiger partial charge in [-0.25, -0.2) is 4.98 Å². The SMILES string of the molecule is Cc1c(C(=O)N(c2ccc(O)cc2)c2cnc3c(ccn3C)c2)cc(-c2cc3c(cc2C(=O)N2CCc4ccccc4C2)OCO3)n1C. The van der Waals surface area contributed by atoms with Crippen LogP contribution in [-0.4, -0.2) is 49.3 Å². The number of phenolic OH excluding ortho intramolecular Hbond substituents is 1. The molecule has 6 aromatic rings. The Morgan fingerprint density at radius 1 is 0.875 bits per heavy atom. The summed E-state index contributed by atoms with van der Waals surface area (Å²) in [6.45, 7) is 3.07. The number of carbonyl (C=O) groups is 2. The van der Waals surface area contributed by atoms with Gasteiger partial charge in [-0.3, -0.25) is 14.5 Å². The summed E-state index contributed by atoms with van der Waals surface area (Å²) in [6, 6.07) is 24.0. The Kier molecular flexibility index (Phi) is 6.94. The molecule has 0 radical (unpaired) electrons. The number of pyridine rings is 1. The number of aryl methyl sites for hydroxylation is 1. The number of anilines is 2. The van der Waals surface area contributed by atoms with E-state index in [1.54, 1.807) is 41.4 Å². The summed E-state index contributed by atoms with van der Waals surface area (Å²) in [5.74, 6) is 0.767. The molecule has 0 saturated heterocycles. The molecule has 0 unspecified atom stereocenters. The van der Waals surface area contributed by atoms with E-state index in [1.807, 2.05) is 77.6 Å². The minimum absolute atomic E-state index is 0.0702. The summed E-state index contributed by atoms with van der Waals surface area (Å²) in [5, 5.41) is 10.9. The third-order valence-corrected chi connectivity index (χ3v) is 9.46. The third-order valence-electron chi connectivity index (χ3n) is 9.46. The van der Waals surface area contributed by atoms with Crippen LogP contribution < -0.4 is 14.4 Å². The van der Waals surface area contributed by atoms with E-state index in [9.17, 15) is 14.7 Å². The van der Waals surface area contributed by atoms with Crippen LogP contribution in [0.5, 0.6) is 17.2 Å². The lowest BCUT2D eigenvalue weighted by molar-refractivity contribution is 0.0735. The summed E-state index contributed by atoms with van der Waals surface area (Å²) in [5.41, 5.74) is 7.34. The highest BCUT2D eigenvalue weighted by Gasteiger charge is 2.31. The lowest BCUT2D eigenvalue weighted by atomic mass is 9.97. The Labute approximate surface area is 277 Å². The van der Waals surface area contributed by atoms with Gasteiger partial charge in [-0.1, -0.05) is 24.3 Å². The zero-order valence-electron chi connectivity index (χ0n) is 26.8. The third kappa shape index (κ3) is 4.84. The van der Waals surface area contributed by atoms with Crippen molar-refractivity contribution in [3.63, 3.8) is 0 Å². The standard InChI is InChI=1S/C38H33N5O5/c1-23-30(38(46)43(27-8-10-29(44)11-9-27)28-16-25-12-14-40(2)36(25)39-20-28)17-33(41(23)3)31-18-34-35(48-22-47-34)19-32(31)37(45)42-15-13-24-6-4-5-7-26(24)21-42/h4-12,14,16-20,44H,13,15,21-22H2,1-3H3. The summed E-state index contributed by atoms with van der Waals surface area (Å²) in [6.07, 6.45) is 4.38. The van der Waals surface area contributed by atoms with Crippen LogP contribution in [0.15, 0.2) is 91.3 Å². The summed E-state index contributed by atoms with van der Waals surface area (Å²) in [7, 11) is 3.81. The number of hydrogen-bond donors (Lipinski definition) is 1. The number of aromatic nitrogens is 3.